The van der Waals surface area contributed by atoms with Crippen molar-refractivity contribution in [1.82, 2.24) is 0 Å². The zero-order valence-corrected chi connectivity index (χ0v) is 12.0. The van der Waals surface area contributed by atoms with E-state index in [9.17, 15) is 0 Å². The average molecular weight is 200 g/mol. The molecule has 74 valence electrons. The van der Waals surface area contributed by atoms with E-state index in [1.807, 2.05) is 0 Å². The van der Waals surface area contributed by atoms with Gasteiger partial charge in [0, 0.05) is 8.07 Å². The van der Waals surface area contributed by atoms with Crippen LogP contribution in [0.2, 0.25) is 19.6 Å². The average Bonchev–Trinajstić information content (AvgIpc) is 2.14. The van der Waals surface area contributed by atoms with Crippen molar-refractivity contribution < 1.29 is 18.9 Å². The molecular formula is C12H21LiSi. The van der Waals surface area contributed by atoms with Crippen molar-refractivity contribution in [2.75, 3.05) is 0 Å². The topological polar surface area (TPSA) is 0 Å². The fourth-order valence-electron chi connectivity index (χ4n) is 2.34. The van der Waals surface area contributed by atoms with E-state index in [2.05, 4.69) is 47.3 Å². The van der Waals surface area contributed by atoms with Crippen molar-refractivity contribution in [3.05, 3.63) is 22.3 Å². The van der Waals surface area contributed by atoms with Crippen LogP contribution in [0.25, 0.3) is 0 Å². The molecule has 1 aromatic carbocycles. The van der Waals surface area contributed by atoms with Gasteiger partial charge >= 0.3 is 18.9 Å². The summed E-state index contributed by atoms with van der Waals surface area (Å²) in [6.07, 6.45) is 0. The molecular weight excluding hydrogens is 179 g/mol. The summed E-state index contributed by atoms with van der Waals surface area (Å²) in [5.41, 5.74) is 6.12. The number of hydrogen-bond acceptors (Lipinski definition) is 0. The van der Waals surface area contributed by atoms with E-state index >= 15 is 0 Å². The third-order valence-electron chi connectivity index (χ3n) is 3.19. The van der Waals surface area contributed by atoms with Gasteiger partial charge in [-0.3, -0.25) is 0 Å². The van der Waals surface area contributed by atoms with Crippen LogP contribution in [-0.2, 0) is 0 Å². The Bertz CT molecular complexity index is 304. The Morgan fingerprint density at radius 1 is 0.786 bits per heavy atom. The first-order chi connectivity index (χ1) is 5.76. The summed E-state index contributed by atoms with van der Waals surface area (Å²) in [4.78, 5) is 0. The van der Waals surface area contributed by atoms with Gasteiger partial charge in [0.1, 0.15) is 0 Å². The molecule has 0 aliphatic heterocycles. The van der Waals surface area contributed by atoms with Gasteiger partial charge in [0.05, 0.1) is 0 Å². The first-order valence-electron chi connectivity index (χ1n) is 5.00. The van der Waals surface area contributed by atoms with E-state index in [-0.39, 0.29) is 18.9 Å². The van der Waals surface area contributed by atoms with Gasteiger partial charge < -0.3 is 0 Å². The molecule has 0 spiro atoms. The van der Waals surface area contributed by atoms with Crippen LogP contribution >= 0.6 is 0 Å². The van der Waals surface area contributed by atoms with Crippen molar-refractivity contribution >= 4 is 13.3 Å². The predicted molar refractivity (Wildman–Crippen MR) is 64.0 cm³/mol. The van der Waals surface area contributed by atoms with Crippen molar-refractivity contribution in [1.29, 1.82) is 0 Å². The first-order valence-corrected chi connectivity index (χ1v) is 8.50. The van der Waals surface area contributed by atoms with Crippen LogP contribution in [0, 0.1) is 27.7 Å². The Kier molecular flexibility index (Phi) is 4.40. The molecule has 0 unspecified atom stereocenters. The normalized spacial score (nSPS) is 11.4. The van der Waals surface area contributed by atoms with Gasteiger partial charge in [-0.25, -0.2) is 0 Å². The van der Waals surface area contributed by atoms with Crippen LogP contribution in [0.5, 0.6) is 0 Å². The molecule has 0 radical (unpaired) electrons. The quantitative estimate of drug-likeness (QED) is 0.448. The number of rotatable bonds is 1. The molecule has 1 rings (SSSR count). The molecule has 0 fully saturated rings. The predicted octanol–water partition coefficient (Wildman–Crippen LogP) is 0.188. The van der Waals surface area contributed by atoms with Crippen molar-refractivity contribution in [3.63, 3.8) is 0 Å². The van der Waals surface area contributed by atoms with Crippen molar-refractivity contribution in [2.45, 2.75) is 47.3 Å². The Morgan fingerprint density at radius 3 is 1.21 bits per heavy atom. The SMILES string of the molecule is Cc1c(C)c(C)[c-]([Si](C)(C)C)c1C.[Li+]. The summed E-state index contributed by atoms with van der Waals surface area (Å²) < 4.78 is 0. The summed E-state index contributed by atoms with van der Waals surface area (Å²) in [6.45, 7) is 16.4. The largest absolute Gasteiger partial charge is 1.00 e. The second-order valence-corrected chi connectivity index (χ2v) is 10.1. The summed E-state index contributed by atoms with van der Waals surface area (Å²) in [7, 11) is -1.13. The maximum atomic E-state index is 2.43. The standard InChI is InChI=1S/C12H21Si.Li/c1-8-9(2)11(4)12(10(8)3)13(5,6)7;/h1-7H3;/q-1;+1. The van der Waals surface area contributed by atoms with Crippen LogP contribution in [0.15, 0.2) is 0 Å². The maximum Gasteiger partial charge on any atom is 1.00 e. The molecule has 0 aromatic heterocycles. The summed E-state index contributed by atoms with van der Waals surface area (Å²) in [5, 5.41) is 1.68. The van der Waals surface area contributed by atoms with Crippen molar-refractivity contribution in [2.24, 2.45) is 0 Å². The second-order valence-electron chi connectivity index (χ2n) is 5.12. The van der Waals surface area contributed by atoms with Crippen molar-refractivity contribution in [3.8, 4) is 0 Å². The smallest absolute Gasteiger partial charge is 0.196 e. The van der Waals surface area contributed by atoms with Crippen LogP contribution in [0.3, 0.4) is 0 Å². The molecule has 0 nitrogen and oxygen atoms in total. The Labute approximate surface area is 102 Å². The second kappa shape index (κ2) is 4.35. The van der Waals surface area contributed by atoms with Crippen LogP contribution in [0.1, 0.15) is 22.3 Å². The van der Waals surface area contributed by atoms with Gasteiger partial charge in [-0.2, -0.15) is 27.4 Å². The van der Waals surface area contributed by atoms with Gasteiger partial charge in [-0.05, 0) is 0 Å². The van der Waals surface area contributed by atoms with E-state index in [1.54, 1.807) is 16.3 Å². The van der Waals surface area contributed by atoms with Crippen LogP contribution < -0.4 is 24.0 Å². The summed E-state index contributed by atoms with van der Waals surface area (Å²) in [5.74, 6) is 0. The fraction of sp³-hybridized carbons (Fsp3) is 0.583. The fourth-order valence-corrected chi connectivity index (χ4v) is 4.97. The molecule has 1 aromatic rings. The minimum absolute atomic E-state index is 0. The van der Waals surface area contributed by atoms with Crippen LogP contribution in [-0.4, -0.2) is 8.07 Å². The molecule has 0 N–H and O–H groups in total. The molecule has 0 heterocycles. The van der Waals surface area contributed by atoms with E-state index in [1.165, 1.54) is 11.1 Å². The Morgan fingerprint density at radius 2 is 1.07 bits per heavy atom. The molecule has 0 saturated heterocycles. The molecule has 2 heteroatoms. The molecule has 0 amide bonds. The monoisotopic (exact) mass is 200 g/mol. The zero-order valence-electron chi connectivity index (χ0n) is 11.0. The van der Waals surface area contributed by atoms with E-state index in [0.717, 1.165) is 0 Å². The van der Waals surface area contributed by atoms with E-state index < -0.39 is 8.07 Å². The Balaban J connectivity index is 0.00000169. The van der Waals surface area contributed by atoms with E-state index in [4.69, 9.17) is 0 Å². The minimum atomic E-state index is -1.13. The zero-order chi connectivity index (χ0) is 10.4. The summed E-state index contributed by atoms with van der Waals surface area (Å²) in [6, 6.07) is 0. The van der Waals surface area contributed by atoms with Gasteiger partial charge in [0.25, 0.3) is 0 Å². The Hall–Kier alpha value is 0.164. The van der Waals surface area contributed by atoms with Gasteiger partial charge in [0.15, 0.2) is 0 Å². The summed E-state index contributed by atoms with van der Waals surface area (Å²) >= 11 is 0. The van der Waals surface area contributed by atoms with Gasteiger partial charge in [-0.1, -0.05) is 47.3 Å². The third kappa shape index (κ3) is 2.21. The first kappa shape index (κ1) is 14.2. The molecule has 0 aliphatic carbocycles. The minimum Gasteiger partial charge on any atom is -0.196 e. The van der Waals surface area contributed by atoms with Gasteiger partial charge in [0.2, 0.25) is 0 Å². The molecule has 0 bridgehead atoms. The maximum absolute atomic E-state index is 2.43. The molecule has 0 aliphatic rings. The molecule has 0 saturated carbocycles. The van der Waals surface area contributed by atoms with E-state index in [0.29, 0.717) is 0 Å². The number of hydrogen-bond donors (Lipinski definition) is 0. The van der Waals surface area contributed by atoms with Gasteiger partial charge in [-0.15, -0.1) is 0 Å². The molecule has 0 atom stereocenters. The van der Waals surface area contributed by atoms with Crippen LogP contribution in [0.4, 0.5) is 0 Å². The molecule has 14 heavy (non-hydrogen) atoms. The third-order valence-corrected chi connectivity index (χ3v) is 5.44.